The maximum Gasteiger partial charge on any atom is 0.426 e. The highest BCUT2D eigenvalue weighted by Gasteiger charge is 2.15. The molecule has 0 unspecified atom stereocenters. The van der Waals surface area contributed by atoms with Crippen molar-refractivity contribution in [1.82, 2.24) is 15.4 Å². The van der Waals surface area contributed by atoms with Crippen LogP contribution in [0.25, 0.3) is 0 Å². The third kappa shape index (κ3) is 6.85. The average Bonchev–Trinajstić information content (AvgIpc) is 2.33. The summed E-state index contributed by atoms with van der Waals surface area (Å²) in [4.78, 5) is 19.8. The second kappa shape index (κ2) is 7.18. The summed E-state index contributed by atoms with van der Waals surface area (Å²) in [6.45, 7) is 5.40. The molecule has 0 atom stereocenters. The number of carbonyl (C=O) groups excluding carboxylic acids is 1. The second-order valence-electron chi connectivity index (χ2n) is 4.89. The first-order valence-corrected chi connectivity index (χ1v) is 7.35. The molecule has 7 heteroatoms. The molecule has 1 aromatic heterocycles. The van der Waals surface area contributed by atoms with E-state index in [-0.39, 0.29) is 0 Å². The Morgan fingerprint density at radius 1 is 1.37 bits per heavy atom. The lowest BCUT2D eigenvalue weighted by Gasteiger charge is -2.19. The summed E-state index contributed by atoms with van der Waals surface area (Å²) in [6.07, 6.45) is 5.64. The standard InChI is InChI=1S/C12H20N4O2S/c1-12(2,3)18-11(17)16-15-10-8-13-9(7-14-10)5-6-19-4/h7-8H,5-6H2,1-4H3,(H,14,15)(H,16,17). The Kier molecular flexibility index (Phi) is 5.88. The molecule has 19 heavy (non-hydrogen) atoms. The molecule has 2 N–H and O–H groups in total. The minimum Gasteiger partial charge on any atom is -0.443 e. The van der Waals surface area contributed by atoms with Gasteiger partial charge in [-0.1, -0.05) is 0 Å². The first-order valence-electron chi connectivity index (χ1n) is 5.95. The summed E-state index contributed by atoms with van der Waals surface area (Å²) in [5.41, 5.74) is 5.45. The molecule has 6 nitrogen and oxygen atoms in total. The summed E-state index contributed by atoms with van der Waals surface area (Å²) >= 11 is 1.76. The Hall–Kier alpha value is -1.50. The van der Waals surface area contributed by atoms with Gasteiger partial charge in [-0.15, -0.1) is 0 Å². The van der Waals surface area contributed by atoms with Crippen molar-refractivity contribution < 1.29 is 9.53 Å². The van der Waals surface area contributed by atoms with Gasteiger partial charge in [0.15, 0.2) is 5.82 Å². The van der Waals surface area contributed by atoms with Gasteiger partial charge in [-0.25, -0.2) is 15.2 Å². The van der Waals surface area contributed by atoms with E-state index < -0.39 is 11.7 Å². The van der Waals surface area contributed by atoms with Gasteiger partial charge < -0.3 is 4.74 Å². The number of aromatic nitrogens is 2. The van der Waals surface area contributed by atoms with Crippen LogP contribution in [0.15, 0.2) is 12.4 Å². The second-order valence-corrected chi connectivity index (χ2v) is 5.87. The summed E-state index contributed by atoms with van der Waals surface area (Å²) in [7, 11) is 0. The van der Waals surface area contributed by atoms with Crippen molar-refractivity contribution in [2.24, 2.45) is 0 Å². The molecule has 0 fully saturated rings. The van der Waals surface area contributed by atoms with Crippen molar-refractivity contribution in [2.75, 3.05) is 17.4 Å². The van der Waals surface area contributed by atoms with Gasteiger partial charge in [-0.05, 0) is 32.8 Å². The predicted molar refractivity (Wildman–Crippen MR) is 77.1 cm³/mol. The molecule has 1 aromatic rings. The number of ether oxygens (including phenoxy) is 1. The van der Waals surface area contributed by atoms with Crippen molar-refractivity contribution in [2.45, 2.75) is 32.8 Å². The zero-order valence-corrected chi connectivity index (χ0v) is 12.5. The van der Waals surface area contributed by atoms with Gasteiger partial charge in [0.05, 0.1) is 18.1 Å². The Labute approximate surface area is 117 Å². The molecule has 0 saturated heterocycles. The number of aryl methyl sites for hydroxylation is 1. The predicted octanol–water partition coefficient (Wildman–Crippen LogP) is 2.23. The zero-order valence-electron chi connectivity index (χ0n) is 11.7. The van der Waals surface area contributed by atoms with Crippen molar-refractivity contribution >= 4 is 23.7 Å². The third-order valence-electron chi connectivity index (χ3n) is 1.96. The van der Waals surface area contributed by atoms with Crippen LogP contribution in [0.5, 0.6) is 0 Å². The molecule has 1 heterocycles. The fourth-order valence-corrected chi connectivity index (χ4v) is 1.59. The molecule has 0 bridgehead atoms. The number of amides is 1. The lowest BCUT2D eigenvalue weighted by molar-refractivity contribution is 0.0541. The van der Waals surface area contributed by atoms with E-state index in [1.165, 1.54) is 0 Å². The fraction of sp³-hybridized carbons (Fsp3) is 0.583. The zero-order chi connectivity index (χ0) is 14.3. The van der Waals surface area contributed by atoms with Crippen molar-refractivity contribution in [1.29, 1.82) is 0 Å². The van der Waals surface area contributed by atoms with E-state index in [4.69, 9.17) is 4.74 Å². The summed E-state index contributed by atoms with van der Waals surface area (Å²) in [5.74, 6) is 1.48. The van der Waals surface area contributed by atoms with E-state index in [0.29, 0.717) is 5.82 Å². The van der Waals surface area contributed by atoms with E-state index >= 15 is 0 Å². The topological polar surface area (TPSA) is 76.1 Å². The molecular weight excluding hydrogens is 264 g/mol. The number of hydrazine groups is 1. The highest BCUT2D eigenvalue weighted by atomic mass is 32.2. The van der Waals surface area contributed by atoms with Gasteiger partial charge in [-0.3, -0.25) is 10.4 Å². The van der Waals surface area contributed by atoms with Gasteiger partial charge >= 0.3 is 6.09 Å². The largest absolute Gasteiger partial charge is 0.443 e. The smallest absolute Gasteiger partial charge is 0.426 e. The lowest BCUT2D eigenvalue weighted by atomic mass is 10.2. The van der Waals surface area contributed by atoms with Crippen LogP contribution in [0.3, 0.4) is 0 Å². The van der Waals surface area contributed by atoms with Gasteiger partial charge in [0, 0.05) is 6.42 Å². The molecule has 1 rings (SSSR count). The van der Waals surface area contributed by atoms with Gasteiger partial charge in [0.2, 0.25) is 0 Å². The van der Waals surface area contributed by atoms with E-state index in [0.717, 1.165) is 17.9 Å². The van der Waals surface area contributed by atoms with E-state index in [2.05, 4.69) is 20.8 Å². The molecule has 106 valence electrons. The fourth-order valence-electron chi connectivity index (χ4n) is 1.17. The molecule has 0 saturated carbocycles. The Morgan fingerprint density at radius 3 is 2.63 bits per heavy atom. The number of hydrogen-bond acceptors (Lipinski definition) is 6. The van der Waals surface area contributed by atoms with Crippen molar-refractivity contribution in [3.05, 3.63) is 18.1 Å². The molecular formula is C12H20N4O2S. The number of carbonyl (C=O) groups is 1. The highest BCUT2D eigenvalue weighted by Crippen LogP contribution is 2.07. The van der Waals surface area contributed by atoms with Gasteiger partial charge in [0.1, 0.15) is 5.60 Å². The quantitative estimate of drug-likeness (QED) is 0.808. The molecule has 0 radical (unpaired) electrons. The third-order valence-corrected chi connectivity index (χ3v) is 2.57. The van der Waals surface area contributed by atoms with E-state index in [1.807, 2.05) is 6.26 Å². The van der Waals surface area contributed by atoms with Crippen LogP contribution in [-0.4, -0.2) is 33.7 Å². The SMILES string of the molecule is CSCCc1cnc(NNC(=O)OC(C)(C)C)cn1. The minimum absolute atomic E-state index is 0.471. The van der Waals surface area contributed by atoms with Crippen LogP contribution >= 0.6 is 11.8 Å². The van der Waals surface area contributed by atoms with Crippen LogP contribution in [0.2, 0.25) is 0 Å². The molecule has 0 aliphatic carbocycles. The first kappa shape index (κ1) is 15.6. The lowest BCUT2D eigenvalue weighted by Crippen LogP contribution is -2.36. The summed E-state index contributed by atoms with van der Waals surface area (Å²) < 4.78 is 5.07. The van der Waals surface area contributed by atoms with Crippen molar-refractivity contribution in [3.8, 4) is 0 Å². The molecule has 0 aromatic carbocycles. The maximum absolute atomic E-state index is 11.4. The Morgan fingerprint density at radius 2 is 2.11 bits per heavy atom. The number of rotatable bonds is 5. The van der Waals surface area contributed by atoms with Crippen LogP contribution in [-0.2, 0) is 11.2 Å². The molecule has 1 amide bonds. The number of hydrogen-bond donors (Lipinski definition) is 2. The van der Waals surface area contributed by atoms with E-state index in [9.17, 15) is 4.79 Å². The normalized spacial score (nSPS) is 10.9. The highest BCUT2D eigenvalue weighted by molar-refractivity contribution is 7.98. The first-order chi connectivity index (χ1) is 8.90. The number of nitrogens with zero attached hydrogens (tertiary/aromatic N) is 2. The van der Waals surface area contributed by atoms with Crippen LogP contribution in [0, 0.1) is 0 Å². The molecule has 0 aliphatic heterocycles. The number of thioether (sulfide) groups is 1. The van der Waals surface area contributed by atoms with Gasteiger partial charge in [-0.2, -0.15) is 11.8 Å². The van der Waals surface area contributed by atoms with Gasteiger partial charge in [0.25, 0.3) is 0 Å². The maximum atomic E-state index is 11.4. The summed E-state index contributed by atoms with van der Waals surface area (Å²) in [6, 6.07) is 0. The summed E-state index contributed by atoms with van der Waals surface area (Å²) in [5, 5.41) is 0. The number of nitrogens with one attached hydrogen (secondary N) is 2. The van der Waals surface area contributed by atoms with Crippen molar-refractivity contribution in [3.63, 3.8) is 0 Å². The molecule has 0 aliphatic rings. The molecule has 0 spiro atoms. The Bertz CT molecular complexity index is 403. The number of anilines is 1. The average molecular weight is 284 g/mol. The minimum atomic E-state index is -0.555. The van der Waals surface area contributed by atoms with Crippen LogP contribution in [0.4, 0.5) is 10.6 Å². The monoisotopic (exact) mass is 284 g/mol. The Balaban J connectivity index is 2.39. The van der Waals surface area contributed by atoms with Crippen LogP contribution in [0.1, 0.15) is 26.5 Å². The van der Waals surface area contributed by atoms with Crippen LogP contribution < -0.4 is 10.9 Å². The van der Waals surface area contributed by atoms with E-state index in [1.54, 1.807) is 44.9 Å².